The van der Waals surface area contributed by atoms with E-state index in [-0.39, 0.29) is 17.0 Å². The van der Waals surface area contributed by atoms with Crippen molar-refractivity contribution in [3.05, 3.63) is 54.7 Å². The van der Waals surface area contributed by atoms with Crippen LogP contribution in [-0.4, -0.2) is 21.6 Å². The van der Waals surface area contributed by atoms with Crippen molar-refractivity contribution < 1.29 is 9.66 Å². The summed E-state index contributed by atoms with van der Waals surface area (Å²) < 4.78 is 6.63. The molecule has 3 aromatic rings. The van der Waals surface area contributed by atoms with Crippen molar-refractivity contribution in [2.45, 2.75) is 36.6 Å². The van der Waals surface area contributed by atoms with E-state index in [1.165, 1.54) is 35.4 Å². The van der Waals surface area contributed by atoms with Crippen molar-refractivity contribution in [3.8, 4) is 5.75 Å². The lowest BCUT2D eigenvalue weighted by Crippen LogP contribution is -2.20. The first-order chi connectivity index (χ1) is 13.5. The molecule has 0 unspecified atom stereocenters. The second-order valence-electron chi connectivity index (χ2n) is 6.70. The second kappa shape index (κ2) is 7.56. The number of rotatable bonds is 5. The highest BCUT2D eigenvalue weighted by molar-refractivity contribution is 7.98. The van der Waals surface area contributed by atoms with E-state index >= 15 is 0 Å². The number of thioether (sulfide) groups is 1. The number of nitro groups is 1. The Bertz CT molecular complexity index is 1140. The van der Waals surface area contributed by atoms with Gasteiger partial charge in [-0.15, -0.1) is 11.3 Å². The fourth-order valence-corrected chi connectivity index (χ4v) is 5.73. The Kier molecular flexibility index (Phi) is 5.11. The fourth-order valence-electron chi connectivity index (χ4n) is 3.51. The Morgan fingerprint density at radius 2 is 2.14 bits per heavy atom. The van der Waals surface area contributed by atoms with Gasteiger partial charge in [0.25, 0.3) is 5.56 Å². The first-order valence-electron chi connectivity index (χ1n) is 8.95. The molecule has 146 valence electrons. The molecule has 0 amide bonds. The normalized spacial score (nSPS) is 13.5. The molecular weight excluding hydrogens is 398 g/mol. The third-order valence-corrected chi connectivity index (χ3v) is 7.25. The number of thiophene rings is 1. The molecule has 28 heavy (non-hydrogen) atoms. The van der Waals surface area contributed by atoms with Crippen molar-refractivity contribution >= 4 is 39.0 Å². The zero-order chi connectivity index (χ0) is 19.8. The topological polar surface area (TPSA) is 87.3 Å². The summed E-state index contributed by atoms with van der Waals surface area (Å²) in [6.07, 6.45) is 4.26. The lowest BCUT2D eigenvalue weighted by molar-refractivity contribution is -0.385. The van der Waals surface area contributed by atoms with E-state index < -0.39 is 4.92 Å². The lowest BCUT2D eigenvalue weighted by atomic mass is 9.97. The van der Waals surface area contributed by atoms with Crippen LogP contribution < -0.4 is 10.3 Å². The zero-order valence-electron chi connectivity index (χ0n) is 15.6. The molecular formula is C19H19N3O4S2. The Morgan fingerprint density at radius 3 is 2.89 bits per heavy atom. The number of fused-ring (bicyclic) bond motifs is 3. The minimum Gasteiger partial charge on any atom is -0.490 e. The van der Waals surface area contributed by atoms with Gasteiger partial charge in [-0.2, -0.15) is 0 Å². The SMILES string of the molecule is COc1ccc(CSc2nc3sc4c(c3c(=O)n2C)CCCC4)cc1[N+](=O)[O-]. The van der Waals surface area contributed by atoms with Gasteiger partial charge in [0.1, 0.15) is 4.83 Å². The molecule has 7 nitrogen and oxygen atoms in total. The van der Waals surface area contributed by atoms with Gasteiger partial charge < -0.3 is 4.74 Å². The summed E-state index contributed by atoms with van der Waals surface area (Å²) in [6.45, 7) is 0. The summed E-state index contributed by atoms with van der Waals surface area (Å²) in [5, 5.41) is 12.6. The van der Waals surface area contributed by atoms with Gasteiger partial charge in [0, 0.05) is 23.7 Å². The first-order valence-corrected chi connectivity index (χ1v) is 10.7. The van der Waals surface area contributed by atoms with E-state index in [4.69, 9.17) is 9.72 Å². The number of nitro benzene ring substituents is 1. The van der Waals surface area contributed by atoms with Gasteiger partial charge in [-0.1, -0.05) is 17.8 Å². The van der Waals surface area contributed by atoms with Gasteiger partial charge in [0.2, 0.25) is 0 Å². The number of aromatic nitrogens is 2. The molecule has 2 aromatic heterocycles. The molecule has 0 atom stereocenters. The number of aryl methyl sites for hydroxylation is 2. The standard InChI is InChI=1S/C19H19N3O4S2/c1-21-18(23)16-12-5-3-4-6-15(12)28-17(16)20-19(21)27-10-11-7-8-14(26-2)13(9-11)22(24)25/h7-9H,3-6,10H2,1-2H3. The van der Waals surface area contributed by atoms with Crippen molar-refractivity contribution in [2.24, 2.45) is 7.05 Å². The number of methoxy groups -OCH3 is 1. The number of nitrogens with zero attached hydrogens (tertiary/aromatic N) is 3. The van der Waals surface area contributed by atoms with Crippen LogP contribution in [0.2, 0.25) is 0 Å². The van der Waals surface area contributed by atoms with Crippen LogP contribution in [0.15, 0.2) is 28.2 Å². The summed E-state index contributed by atoms with van der Waals surface area (Å²) in [7, 11) is 3.15. The molecule has 0 radical (unpaired) electrons. The highest BCUT2D eigenvalue weighted by atomic mass is 32.2. The molecule has 4 rings (SSSR count). The first kappa shape index (κ1) is 18.9. The summed E-state index contributed by atoms with van der Waals surface area (Å²) in [6, 6.07) is 4.89. The van der Waals surface area contributed by atoms with E-state index in [1.54, 1.807) is 35.1 Å². The van der Waals surface area contributed by atoms with Crippen LogP contribution in [-0.2, 0) is 25.6 Å². The molecule has 1 aromatic carbocycles. The summed E-state index contributed by atoms with van der Waals surface area (Å²) >= 11 is 3.03. The molecule has 9 heteroatoms. The van der Waals surface area contributed by atoms with Crippen LogP contribution in [0.1, 0.15) is 28.8 Å². The van der Waals surface area contributed by atoms with E-state index in [0.29, 0.717) is 10.9 Å². The number of hydrogen-bond donors (Lipinski definition) is 0. The van der Waals surface area contributed by atoms with Crippen LogP contribution in [0, 0.1) is 10.1 Å². The minimum atomic E-state index is -0.455. The minimum absolute atomic E-state index is 0.00684. The average molecular weight is 418 g/mol. The molecule has 1 aliphatic carbocycles. The highest BCUT2D eigenvalue weighted by Gasteiger charge is 2.21. The number of hydrogen-bond acceptors (Lipinski definition) is 7. The molecule has 0 bridgehead atoms. The van der Waals surface area contributed by atoms with Gasteiger partial charge in [-0.3, -0.25) is 19.5 Å². The Labute approximate surface area is 169 Å². The predicted octanol–water partition coefficient (Wildman–Crippen LogP) is 4.08. The van der Waals surface area contributed by atoms with Gasteiger partial charge in [0.15, 0.2) is 10.9 Å². The second-order valence-corrected chi connectivity index (χ2v) is 8.73. The van der Waals surface area contributed by atoms with Crippen molar-refractivity contribution in [1.29, 1.82) is 0 Å². The lowest BCUT2D eigenvalue weighted by Gasteiger charge is -2.11. The number of ether oxygens (including phenoxy) is 1. The largest absolute Gasteiger partial charge is 0.490 e. The van der Waals surface area contributed by atoms with E-state index in [2.05, 4.69) is 0 Å². The monoisotopic (exact) mass is 417 g/mol. The summed E-state index contributed by atoms with van der Waals surface area (Å²) in [4.78, 5) is 30.5. The van der Waals surface area contributed by atoms with Crippen LogP contribution in [0.4, 0.5) is 5.69 Å². The smallest absolute Gasteiger partial charge is 0.311 e. The summed E-state index contributed by atoms with van der Waals surface area (Å²) in [5.41, 5.74) is 1.88. The highest BCUT2D eigenvalue weighted by Crippen LogP contribution is 2.35. The van der Waals surface area contributed by atoms with Gasteiger partial charge in [-0.05, 0) is 42.9 Å². The molecule has 0 saturated heterocycles. The van der Waals surface area contributed by atoms with Crippen molar-refractivity contribution in [1.82, 2.24) is 9.55 Å². The Morgan fingerprint density at radius 1 is 1.36 bits per heavy atom. The predicted molar refractivity (Wildman–Crippen MR) is 111 cm³/mol. The van der Waals surface area contributed by atoms with E-state index in [0.717, 1.165) is 41.5 Å². The van der Waals surface area contributed by atoms with E-state index in [1.807, 2.05) is 0 Å². The van der Waals surface area contributed by atoms with Crippen LogP contribution in [0.5, 0.6) is 5.75 Å². The fraction of sp³-hybridized carbons (Fsp3) is 0.368. The molecule has 1 aliphatic rings. The maximum Gasteiger partial charge on any atom is 0.311 e. The molecule has 0 spiro atoms. The Hall–Kier alpha value is -2.39. The zero-order valence-corrected chi connectivity index (χ0v) is 17.2. The summed E-state index contributed by atoms with van der Waals surface area (Å²) in [5.74, 6) is 0.705. The van der Waals surface area contributed by atoms with Gasteiger partial charge in [-0.25, -0.2) is 4.98 Å². The Balaban J connectivity index is 1.66. The molecule has 0 saturated carbocycles. The average Bonchev–Trinajstić information content (AvgIpc) is 3.07. The maximum atomic E-state index is 12.9. The van der Waals surface area contributed by atoms with Crippen LogP contribution >= 0.6 is 23.1 Å². The molecule has 0 fully saturated rings. The molecule has 2 heterocycles. The molecule has 0 aliphatic heterocycles. The molecule has 0 N–H and O–H groups in total. The van der Waals surface area contributed by atoms with Crippen LogP contribution in [0.25, 0.3) is 10.2 Å². The quantitative estimate of drug-likeness (QED) is 0.269. The van der Waals surface area contributed by atoms with Crippen molar-refractivity contribution in [2.75, 3.05) is 7.11 Å². The van der Waals surface area contributed by atoms with Gasteiger partial charge in [0.05, 0.1) is 17.4 Å². The number of benzene rings is 1. The van der Waals surface area contributed by atoms with Crippen LogP contribution in [0.3, 0.4) is 0 Å². The van der Waals surface area contributed by atoms with Gasteiger partial charge >= 0.3 is 5.69 Å². The van der Waals surface area contributed by atoms with E-state index in [9.17, 15) is 14.9 Å². The van der Waals surface area contributed by atoms with Crippen molar-refractivity contribution in [3.63, 3.8) is 0 Å². The third kappa shape index (κ3) is 3.29. The third-order valence-electron chi connectivity index (χ3n) is 4.96. The maximum absolute atomic E-state index is 12.9.